The van der Waals surface area contributed by atoms with Crippen LogP contribution in [-0.4, -0.2) is 29.7 Å². The molecular formula is C28H31NO4. The number of carbonyl (C=O) groups is 2. The van der Waals surface area contributed by atoms with Gasteiger partial charge in [-0.3, -0.25) is 9.59 Å². The highest BCUT2D eigenvalue weighted by atomic mass is 16.4. The fraction of sp³-hybridized carbons (Fsp3) is 0.321. The van der Waals surface area contributed by atoms with E-state index in [0.29, 0.717) is 29.6 Å². The van der Waals surface area contributed by atoms with E-state index < -0.39 is 5.63 Å². The molecule has 0 radical (unpaired) electrons. The standard InChI is InChI=1S/C28H31NO4/c1-7-29(8-2)26(31)22-17-21-15-19(11-14-24(30)20-12-9-18(3)10-13-20)16-23(28(4,5)6)25(21)33-27(22)32/h9-17H,7-8H2,1-6H3/b14-11+. The lowest BCUT2D eigenvalue weighted by Crippen LogP contribution is -2.33. The zero-order chi connectivity index (χ0) is 24.3. The monoisotopic (exact) mass is 445 g/mol. The fourth-order valence-electron chi connectivity index (χ4n) is 3.73. The van der Waals surface area contributed by atoms with Gasteiger partial charge in [0, 0.05) is 29.6 Å². The van der Waals surface area contributed by atoms with Crippen LogP contribution in [0.25, 0.3) is 17.0 Å². The van der Waals surface area contributed by atoms with Gasteiger partial charge in [0.15, 0.2) is 5.78 Å². The van der Waals surface area contributed by atoms with Crippen LogP contribution in [0.3, 0.4) is 0 Å². The molecule has 0 aliphatic carbocycles. The van der Waals surface area contributed by atoms with Crippen molar-refractivity contribution in [1.82, 2.24) is 4.90 Å². The number of aryl methyl sites for hydroxylation is 1. The maximum Gasteiger partial charge on any atom is 0.349 e. The number of hydrogen-bond acceptors (Lipinski definition) is 4. The predicted molar refractivity (Wildman–Crippen MR) is 133 cm³/mol. The van der Waals surface area contributed by atoms with Crippen molar-refractivity contribution in [3.8, 4) is 0 Å². The quantitative estimate of drug-likeness (QED) is 0.274. The Bertz CT molecular complexity index is 1270. The first-order valence-corrected chi connectivity index (χ1v) is 11.3. The Labute approximate surface area is 194 Å². The molecule has 2 aromatic carbocycles. The van der Waals surface area contributed by atoms with E-state index in [-0.39, 0.29) is 22.7 Å². The van der Waals surface area contributed by atoms with E-state index in [4.69, 9.17) is 4.42 Å². The topological polar surface area (TPSA) is 67.6 Å². The second kappa shape index (κ2) is 9.57. The lowest BCUT2D eigenvalue weighted by molar-refractivity contribution is 0.0768. The van der Waals surface area contributed by atoms with Crippen LogP contribution in [0.1, 0.15) is 72.0 Å². The molecule has 0 fully saturated rings. The molecule has 0 unspecified atom stereocenters. The third-order valence-electron chi connectivity index (χ3n) is 5.71. The Balaban J connectivity index is 2.11. The summed E-state index contributed by atoms with van der Waals surface area (Å²) in [6.07, 6.45) is 3.30. The van der Waals surface area contributed by atoms with E-state index in [9.17, 15) is 14.4 Å². The summed E-state index contributed by atoms with van der Waals surface area (Å²) in [5.74, 6) is -0.437. The van der Waals surface area contributed by atoms with Crippen LogP contribution in [0.4, 0.5) is 0 Å². The van der Waals surface area contributed by atoms with Crippen LogP contribution in [-0.2, 0) is 5.41 Å². The van der Waals surface area contributed by atoms with Gasteiger partial charge in [-0.1, -0.05) is 56.7 Å². The van der Waals surface area contributed by atoms with Crippen molar-refractivity contribution in [1.29, 1.82) is 0 Å². The Morgan fingerprint density at radius 3 is 2.21 bits per heavy atom. The molecule has 1 aromatic heterocycles. The molecule has 3 rings (SSSR count). The molecule has 0 atom stereocenters. The minimum atomic E-state index is -0.636. The number of carbonyl (C=O) groups excluding carboxylic acids is 2. The molecule has 0 N–H and O–H groups in total. The van der Waals surface area contributed by atoms with E-state index in [0.717, 1.165) is 16.7 Å². The predicted octanol–water partition coefficient (Wildman–Crippen LogP) is 5.78. The second-order valence-electron chi connectivity index (χ2n) is 9.23. The lowest BCUT2D eigenvalue weighted by atomic mass is 9.84. The fourth-order valence-corrected chi connectivity index (χ4v) is 3.73. The van der Waals surface area contributed by atoms with Gasteiger partial charge in [-0.15, -0.1) is 0 Å². The Morgan fingerprint density at radius 1 is 1.00 bits per heavy atom. The van der Waals surface area contributed by atoms with Gasteiger partial charge in [-0.05, 0) is 56.0 Å². The van der Waals surface area contributed by atoms with Crippen molar-refractivity contribution in [2.75, 3.05) is 13.1 Å². The molecule has 172 valence electrons. The number of allylic oxidation sites excluding steroid dienone is 1. The molecule has 1 amide bonds. The van der Waals surface area contributed by atoms with Crippen molar-refractivity contribution in [2.24, 2.45) is 0 Å². The van der Waals surface area contributed by atoms with E-state index in [1.165, 1.54) is 0 Å². The maximum absolute atomic E-state index is 12.8. The summed E-state index contributed by atoms with van der Waals surface area (Å²) in [6.45, 7) is 12.8. The normalized spacial score (nSPS) is 11.8. The summed E-state index contributed by atoms with van der Waals surface area (Å²) in [5, 5.41) is 0.653. The van der Waals surface area contributed by atoms with Crippen molar-refractivity contribution in [3.63, 3.8) is 0 Å². The summed E-state index contributed by atoms with van der Waals surface area (Å²) in [5.41, 5.74) is 2.87. The SMILES string of the molecule is CCN(CC)C(=O)c1cc2cc(/C=C/C(=O)c3ccc(C)cc3)cc(C(C)(C)C)c2oc1=O. The van der Waals surface area contributed by atoms with Crippen LogP contribution in [0, 0.1) is 6.92 Å². The molecule has 33 heavy (non-hydrogen) atoms. The van der Waals surface area contributed by atoms with E-state index in [1.54, 1.807) is 23.1 Å². The molecule has 5 heteroatoms. The minimum absolute atomic E-state index is 0.0166. The van der Waals surface area contributed by atoms with E-state index in [2.05, 4.69) is 0 Å². The highest BCUT2D eigenvalue weighted by molar-refractivity contribution is 6.07. The van der Waals surface area contributed by atoms with Crippen LogP contribution < -0.4 is 5.63 Å². The van der Waals surface area contributed by atoms with Gasteiger partial charge < -0.3 is 9.32 Å². The van der Waals surface area contributed by atoms with Crippen LogP contribution in [0.2, 0.25) is 0 Å². The first kappa shape index (κ1) is 24.2. The summed E-state index contributed by atoms with van der Waals surface area (Å²) in [4.78, 5) is 39.7. The number of fused-ring (bicyclic) bond motifs is 1. The first-order chi connectivity index (χ1) is 15.5. The van der Waals surface area contributed by atoms with Gasteiger partial charge in [-0.2, -0.15) is 0 Å². The average Bonchev–Trinajstić information content (AvgIpc) is 2.77. The third-order valence-corrected chi connectivity index (χ3v) is 5.71. The molecular weight excluding hydrogens is 414 g/mol. The summed E-state index contributed by atoms with van der Waals surface area (Å²) >= 11 is 0. The number of ketones is 1. The van der Waals surface area contributed by atoms with Gasteiger partial charge in [-0.25, -0.2) is 4.79 Å². The highest BCUT2D eigenvalue weighted by Crippen LogP contribution is 2.31. The average molecular weight is 446 g/mol. The Morgan fingerprint density at radius 2 is 1.64 bits per heavy atom. The third kappa shape index (κ3) is 5.30. The summed E-state index contributed by atoms with van der Waals surface area (Å²) in [7, 11) is 0. The lowest BCUT2D eigenvalue weighted by Gasteiger charge is -2.22. The van der Waals surface area contributed by atoms with Gasteiger partial charge in [0.25, 0.3) is 5.91 Å². The van der Waals surface area contributed by atoms with Crippen molar-refractivity contribution in [3.05, 3.63) is 86.8 Å². The zero-order valence-electron chi connectivity index (χ0n) is 20.2. The van der Waals surface area contributed by atoms with Crippen LogP contribution in [0.15, 0.2) is 57.8 Å². The van der Waals surface area contributed by atoms with Gasteiger partial charge in [0.2, 0.25) is 0 Å². The number of amides is 1. The number of hydrogen-bond donors (Lipinski definition) is 0. The second-order valence-corrected chi connectivity index (χ2v) is 9.23. The maximum atomic E-state index is 12.8. The summed E-state index contributed by atoms with van der Waals surface area (Å²) in [6, 6.07) is 12.8. The number of nitrogens with zero attached hydrogens (tertiary/aromatic N) is 1. The van der Waals surface area contributed by atoms with Crippen molar-refractivity contribution >= 4 is 28.7 Å². The largest absolute Gasteiger partial charge is 0.422 e. The molecule has 0 aliphatic rings. The molecule has 5 nitrogen and oxygen atoms in total. The van der Waals surface area contributed by atoms with Crippen molar-refractivity contribution < 1.29 is 14.0 Å². The number of rotatable bonds is 6. The smallest absolute Gasteiger partial charge is 0.349 e. The van der Waals surface area contributed by atoms with E-state index in [1.807, 2.05) is 77.9 Å². The highest BCUT2D eigenvalue weighted by Gasteiger charge is 2.23. The molecule has 0 saturated carbocycles. The zero-order valence-corrected chi connectivity index (χ0v) is 20.2. The number of benzene rings is 2. The molecule has 0 aliphatic heterocycles. The Kier molecular flexibility index (Phi) is 7.01. The van der Waals surface area contributed by atoms with Gasteiger partial charge >= 0.3 is 5.63 Å². The molecule has 1 heterocycles. The minimum Gasteiger partial charge on any atom is -0.422 e. The Hall–Kier alpha value is -3.47. The van der Waals surface area contributed by atoms with E-state index >= 15 is 0 Å². The van der Waals surface area contributed by atoms with Crippen LogP contribution in [0.5, 0.6) is 0 Å². The van der Waals surface area contributed by atoms with Gasteiger partial charge in [0.1, 0.15) is 11.1 Å². The van der Waals surface area contributed by atoms with Crippen molar-refractivity contribution in [2.45, 2.75) is 47.0 Å². The molecule has 0 saturated heterocycles. The van der Waals surface area contributed by atoms with Gasteiger partial charge in [0.05, 0.1) is 0 Å². The van der Waals surface area contributed by atoms with Crippen LogP contribution >= 0.6 is 0 Å². The summed E-state index contributed by atoms with van der Waals surface area (Å²) < 4.78 is 5.68. The molecule has 0 bridgehead atoms. The molecule has 3 aromatic rings. The first-order valence-electron chi connectivity index (χ1n) is 11.3. The molecule has 0 spiro atoms.